The third-order valence-electron chi connectivity index (χ3n) is 10.2. The van der Waals surface area contributed by atoms with E-state index < -0.39 is 53.2 Å². The van der Waals surface area contributed by atoms with Crippen molar-refractivity contribution in [3.8, 4) is 0 Å². The number of halogens is 1. The molecule has 0 saturated carbocycles. The molecule has 1 spiro atoms. The van der Waals surface area contributed by atoms with Gasteiger partial charge < -0.3 is 29.3 Å². The number of cyclic esters (lactones) is 1. The van der Waals surface area contributed by atoms with E-state index in [1.165, 1.54) is 4.90 Å². The van der Waals surface area contributed by atoms with Crippen LogP contribution in [0.25, 0.3) is 0 Å². The SMILES string of the molecule is C[C@H]1[C@H](c2ccccc2)OC(=O)[C@H]2[C@@H]3O[C@@]4(C=C3Br)[C@@H]2C(=O)N(CCCO)[C@@H]4C(=O)N(C(C)(C)CC(C)(C)C)C/C=C\CCC(=O)N1C. The van der Waals surface area contributed by atoms with Crippen LogP contribution < -0.4 is 0 Å². The van der Waals surface area contributed by atoms with E-state index in [1.807, 2.05) is 63.3 Å². The van der Waals surface area contributed by atoms with Gasteiger partial charge in [-0.2, -0.15) is 0 Å². The number of amides is 3. The first-order valence-electron chi connectivity index (χ1n) is 17.0. The molecule has 7 atom stereocenters. The lowest BCUT2D eigenvalue weighted by Crippen LogP contribution is -2.60. The molecule has 1 N–H and O–H groups in total. The second-order valence-electron chi connectivity index (χ2n) is 15.5. The number of esters is 1. The first-order valence-corrected chi connectivity index (χ1v) is 17.8. The van der Waals surface area contributed by atoms with E-state index in [9.17, 15) is 19.5 Å². The third-order valence-corrected chi connectivity index (χ3v) is 10.9. The van der Waals surface area contributed by atoms with Crippen LogP contribution in [0.5, 0.6) is 0 Å². The molecular weight excluding hydrogens is 678 g/mol. The van der Waals surface area contributed by atoms with Gasteiger partial charge in [0.2, 0.25) is 17.7 Å². The Morgan fingerprint density at radius 2 is 1.69 bits per heavy atom. The fourth-order valence-corrected chi connectivity index (χ4v) is 9.06. The monoisotopic (exact) mass is 727 g/mol. The van der Waals surface area contributed by atoms with Crippen LogP contribution >= 0.6 is 15.9 Å². The topological polar surface area (TPSA) is 117 Å². The predicted molar refractivity (Wildman–Crippen MR) is 185 cm³/mol. The molecule has 1 aromatic carbocycles. The molecule has 2 saturated heterocycles. The second kappa shape index (κ2) is 13.7. The van der Waals surface area contributed by atoms with Crippen molar-refractivity contribution in [2.75, 3.05) is 26.7 Å². The van der Waals surface area contributed by atoms with Crippen LogP contribution in [0.4, 0.5) is 0 Å². The highest BCUT2D eigenvalue weighted by molar-refractivity contribution is 9.11. The van der Waals surface area contributed by atoms with Crippen molar-refractivity contribution in [1.29, 1.82) is 0 Å². The zero-order chi connectivity index (χ0) is 35.2. The Balaban J connectivity index is 1.65. The van der Waals surface area contributed by atoms with Gasteiger partial charge in [-0.05, 0) is 57.1 Å². The number of aliphatic hydroxyl groups excluding tert-OH is 1. The number of hydrogen-bond donors (Lipinski definition) is 1. The Morgan fingerprint density at radius 1 is 1.00 bits per heavy atom. The van der Waals surface area contributed by atoms with Crippen LogP contribution in [0.15, 0.2) is 53.0 Å². The average Bonchev–Trinajstić information content (AvgIpc) is 3.61. The minimum atomic E-state index is -1.41. The zero-order valence-corrected chi connectivity index (χ0v) is 30.7. The molecule has 0 radical (unpaired) electrons. The quantitative estimate of drug-likeness (QED) is 0.332. The Labute approximate surface area is 292 Å². The molecule has 4 heterocycles. The number of nitrogens with zero attached hydrogens (tertiary/aromatic N) is 3. The Morgan fingerprint density at radius 3 is 2.33 bits per heavy atom. The van der Waals surface area contributed by atoms with Crippen LogP contribution in [-0.2, 0) is 28.7 Å². The average molecular weight is 729 g/mol. The predicted octanol–water partition coefficient (Wildman–Crippen LogP) is 4.77. The maximum absolute atomic E-state index is 15.1. The maximum atomic E-state index is 15.1. The number of aliphatic hydroxyl groups is 1. The molecule has 5 rings (SSSR count). The number of rotatable bonds is 6. The first-order chi connectivity index (χ1) is 22.5. The Bertz CT molecular complexity index is 1470. The summed E-state index contributed by atoms with van der Waals surface area (Å²) in [6, 6.07) is 7.70. The minimum absolute atomic E-state index is 0.101. The second-order valence-corrected chi connectivity index (χ2v) is 16.4. The van der Waals surface area contributed by atoms with Gasteiger partial charge in [0, 0.05) is 43.2 Å². The van der Waals surface area contributed by atoms with Crippen LogP contribution in [0.1, 0.15) is 78.9 Å². The normalized spacial score (nSPS) is 32.4. The molecule has 5 bridgehead atoms. The molecule has 4 aliphatic heterocycles. The highest BCUT2D eigenvalue weighted by atomic mass is 79.9. The van der Waals surface area contributed by atoms with Gasteiger partial charge in [-0.1, -0.05) is 79.2 Å². The molecule has 3 amide bonds. The van der Waals surface area contributed by atoms with Gasteiger partial charge in [0.25, 0.3) is 0 Å². The molecule has 262 valence electrons. The van der Waals surface area contributed by atoms with Gasteiger partial charge in [0.1, 0.15) is 29.8 Å². The van der Waals surface area contributed by atoms with Crippen LogP contribution in [0.2, 0.25) is 0 Å². The summed E-state index contributed by atoms with van der Waals surface area (Å²) < 4.78 is 13.6. The molecule has 1 aromatic rings. The zero-order valence-electron chi connectivity index (χ0n) is 29.1. The van der Waals surface area contributed by atoms with Gasteiger partial charge in [-0.3, -0.25) is 19.2 Å². The summed E-state index contributed by atoms with van der Waals surface area (Å²) in [4.78, 5) is 62.3. The van der Waals surface area contributed by atoms with Gasteiger partial charge in [0.15, 0.2) is 0 Å². The summed E-state index contributed by atoms with van der Waals surface area (Å²) in [6.45, 7) is 12.5. The van der Waals surface area contributed by atoms with Gasteiger partial charge in [0.05, 0.1) is 12.0 Å². The van der Waals surface area contributed by atoms with Crippen molar-refractivity contribution in [2.24, 2.45) is 17.3 Å². The number of carbonyl (C=O) groups excluding carboxylic acids is 4. The summed E-state index contributed by atoms with van der Waals surface area (Å²) in [5.74, 6) is -3.42. The van der Waals surface area contributed by atoms with Gasteiger partial charge in [-0.25, -0.2) is 0 Å². The number of ether oxygens (including phenoxy) is 2. The summed E-state index contributed by atoms with van der Waals surface area (Å²) in [5.41, 5.74) is -1.44. The number of allylic oxidation sites excluding steroid dienone is 1. The van der Waals surface area contributed by atoms with Gasteiger partial charge in [-0.15, -0.1) is 0 Å². The van der Waals surface area contributed by atoms with E-state index in [0.29, 0.717) is 17.3 Å². The van der Waals surface area contributed by atoms with E-state index in [1.54, 1.807) is 22.9 Å². The minimum Gasteiger partial charge on any atom is -0.455 e. The van der Waals surface area contributed by atoms with Crippen LogP contribution in [-0.4, -0.2) is 99.6 Å². The number of likely N-dealkylation sites (N-methyl/N-ethyl adjacent to an activating group) is 1. The molecule has 2 fully saturated rings. The van der Waals surface area contributed by atoms with Crippen molar-refractivity contribution in [3.05, 3.63) is 58.6 Å². The van der Waals surface area contributed by atoms with Crippen molar-refractivity contribution < 1.29 is 33.8 Å². The van der Waals surface area contributed by atoms with E-state index in [2.05, 4.69) is 36.7 Å². The van der Waals surface area contributed by atoms with Crippen molar-refractivity contribution in [2.45, 2.75) is 103 Å². The van der Waals surface area contributed by atoms with E-state index in [0.717, 1.165) is 5.56 Å². The standard InChI is InChI=1S/C37H50BrN3O7/c1-23-29(24-15-10-8-11-16-24)47-34(46)27-28-32(44)40(18-14-20-42)31(37(28)21-25(38)30(27)48-37)33(45)41(36(5,6)22-35(2,3)4)19-13-9-12-17-26(43)39(23)7/h8-11,13,15-16,21,23,27-31,42H,12,14,17-20,22H2,1-7H3/b13-9-/t23-,27+,28-,29+,30+,31+,37-/m0/s1. The molecule has 10 nitrogen and oxygen atoms in total. The molecule has 0 aromatic heterocycles. The molecule has 48 heavy (non-hydrogen) atoms. The molecule has 0 unspecified atom stereocenters. The Kier molecular flexibility index (Phi) is 10.4. The Hall–Kier alpha value is -3.02. The van der Waals surface area contributed by atoms with Crippen molar-refractivity contribution in [3.63, 3.8) is 0 Å². The molecular formula is C37H50BrN3O7. The summed E-state index contributed by atoms with van der Waals surface area (Å²) in [5, 5.41) is 9.80. The van der Waals surface area contributed by atoms with Crippen molar-refractivity contribution in [1.82, 2.24) is 14.7 Å². The van der Waals surface area contributed by atoms with Crippen molar-refractivity contribution >= 4 is 39.6 Å². The number of fused-ring (bicyclic) bond motifs is 2. The summed E-state index contributed by atoms with van der Waals surface area (Å²) in [7, 11) is 1.71. The van der Waals surface area contributed by atoms with E-state index in [-0.39, 0.29) is 55.7 Å². The fraction of sp³-hybridized carbons (Fsp3) is 0.622. The number of carbonyl (C=O) groups is 4. The highest BCUT2D eigenvalue weighted by Crippen LogP contribution is 2.59. The van der Waals surface area contributed by atoms with Crippen LogP contribution in [0, 0.1) is 17.3 Å². The molecule has 11 heteroatoms. The lowest BCUT2D eigenvalue weighted by atomic mass is 9.74. The van der Waals surface area contributed by atoms with E-state index in [4.69, 9.17) is 9.47 Å². The molecule has 0 aliphatic carbocycles. The first kappa shape index (κ1) is 36.3. The molecule has 4 aliphatic rings. The summed E-state index contributed by atoms with van der Waals surface area (Å²) >= 11 is 3.62. The number of likely N-dealkylation sites (tertiary alicyclic amines) is 1. The lowest BCUT2D eigenvalue weighted by molar-refractivity contribution is -0.164. The summed E-state index contributed by atoms with van der Waals surface area (Å²) in [6.07, 6.45) is 5.66. The van der Waals surface area contributed by atoms with Gasteiger partial charge >= 0.3 is 5.97 Å². The van der Waals surface area contributed by atoms with E-state index >= 15 is 4.79 Å². The number of benzene rings is 1. The van der Waals surface area contributed by atoms with Crippen LogP contribution in [0.3, 0.4) is 0 Å². The largest absolute Gasteiger partial charge is 0.455 e. The highest BCUT2D eigenvalue weighted by Gasteiger charge is 2.75. The fourth-order valence-electron chi connectivity index (χ4n) is 8.33. The third kappa shape index (κ3) is 6.62. The number of hydrogen-bond acceptors (Lipinski definition) is 7. The lowest BCUT2D eigenvalue weighted by Gasteiger charge is -2.45. The smallest absolute Gasteiger partial charge is 0.313 e. The maximum Gasteiger partial charge on any atom is 0.313 e.